The quantitative estimate of drug-likeness (QED) is 0.828. The van der Waals surface area contributed by atoms with Gasteiger partial charge in [0, 0.05) is 37.1 Å². The van der Waals surface area contributed by atoms with E-state index in [9.17, 15) is 14.0 Å². The number of anilines is 1. The van der Waals surface area contributed by atoms with E-state index in [2.05, 4.69) is 10.2 Å². The summed E-state index contributed by atoms with van der Waals surface area (Å²) < 4.78 is 25.4. The second-order valence-corrected chi connectivity index (χ2v) is 6.27. The van der Waals surface area contributed by atoms with Gasteiger partial charge in [-0.25, -0.2) is 4.39 Å². The van der Waals surface area contributed by atoms with E-state index >= 15 is 0 Å². The minimum Gasteiger partial charge on any atom is -0.491 e. The Hall–Kier alpha value is -2.71. The standard InChI is InChI=1S/C19H22FN3O4/c1-26-18-12-23(13-19(25)21-15-4-2-3-14(20)9-15)16(10-17(18)24)11-22-5-7-27-8-6-22/h2-4,9-10,12H,5-8,11,13H2,1H3,(H,21,25). The normalized spacial score (nSPS) is 14.7. The zero-order valence-electron chi connectivity index (χ0n) is 15.1. The number of morpholine rings is 1. The number of hydrogen-bond acceptors (Lipinski definition) is 5. The van der Waals surface area contributed by atoms with Gasteiger partial charge in [-0.15, -0.1) is 0 Å². The number of halogens is 1. The number of nitrogens with one attached hydrogen (secondary N) is 1. The Morgan fingerprint density at radius 1 is 1.30 bits per heavy atom. The summed E-state index contributed by atoms with van der Waals surface area (Å²) in [6, 6.07) is 7.18. The van der Waals surface area contributed by atoms with Crippen LogP contribution in [0.15, 0.2) is 41.3 Å². The molecule has 1 N–H and O–H groups in total. The molecule has 2 aromatic rings. The molecule has 8 heteroatoms. The average molecular weight is 375 g/mol. The number of carbonyl (C=O) groups is 1. The maximum Gasteiger partial charge on any atom is 0.244 e. The van der Waals surface area contributed by atoms with Gasteiger partial charge in [0.05, 0.1) is 26.5 Å². The van der Waals surface area contributed by atoms with Crippen LogP contribution in [0.25, 0.3) is 0 Å². The van der Waals surface area contributed by atoms with Crippen LogP contribution in [-0.2, 0) is 22.6 Å². The maximum absolute atomic E-state index is 13.3. The van der Waals surface area contributed by atoms with Crippen LogP contribution < -0.4 is 15.5 Å². The van der Waals surface area contributed by atoms with Crippen molar-refractivity contribution in [1.29, 1.82) is 0 Å². The van der Waals surface area contributed by atoms with Crippen LogP contribution in [0, 0.1) is 5.82 Å². The molecule has 7 nitrogen and oxygen atoms in total. The Labute approximate surface area is 156 Å². The molecule has 1 amide bonds. The molecular formula is C19H22FN3O4. The molecule has 0 unspecified atom stereocenters. The molecular weight excluding hydrogens is 353 g/mol. The van der Waals surface area contributed by atoms with Crippen LogP contribution in [0.2, 0.25) is 0 Å². The largest absolute Gasteiger partial charge is 0.491 e. The van der Waals surface area contributed by atoms with Crippen LogP contribution >= 0.6 is 0 Å². The monoisotopic (exact) mass is 375 g/mol. The average Bonchev–Trinajstić information content (AvgIpc) is 2.64. The number of amides is 1. The van der Waals surface area contributed by atoms with E-state index in [0.29, 0.717) is 31.1 Å². The lowest BCUT2D eigenvalue weighted by molar-refractivity contribution is -0.116. The fourth-order valence-electron chi connectivity index (χ4n) is 2.94. The van der Waals surface area contributed by atoms with Gasteiger partial charge >= 0.3 is 0 Å². The van der Waals surface area contributed by atoms with E-state index in [-0.39, 0.29) is 23.6 Å². The number of aromatic nitrogens is 1. The lowest BCUT2D eigenvalue weighted by Gasteiger charge is -2.27. The summed E-state index contributed by atoms with van der Waals surface area (Å²) in [5.41, 5.74) is 0.849. The van der Waals surface area contributed by atoms with Crippen molar-refractivity contribution in [3.05, 3.63) is 58.3 Å². The van der Waals surface area contributed by atoms with E-state index in [0.717, 1.165) is 13.1 Å². The molecule has 0 saturated carbocycles. The van der Waals surface area contributed by atoms with Crippen molar-refractivity contribution in [2.45, 2.75) is 13.1 Å². The van der Waals surface area contributed by atoms with Crippen LogP contribution in [-0.4, -0.2) is 48.8 Å². The Bertz CT molecular complexity index is 862. The first-order valence-corrected chi connectivity index (χ1v) is 8.68. The SMILES string of the molecule is COc1cn(CC(=O)Nc2cccc(F)c2)c(CN2CCOCC2)cc1=O. The molecule has 27 heavy (non-hydrogen) atoms. The number of carbonyl (C=O) groups excluding carboxylic acids is 1. The molecule has 1 aromatic heterocycles. The highest BCUT2D eigenvalue weighted by atomic mass is 19.1. The van der Waals surface area contributed by atoms with E-state index in [1.54, 1.807) is 10.6 Å². The number of pyridine rings is 1. The molecule has 0 radical (unpaired) electrons. The molecule has 1 saturated heterocycles. The number of rotatable bonds is 6. The lowest BCUT2D eigenvalue weighted by atomic mass is 10.2. The number of methoxy groups -OCH3 is 1. The Balaban J connectivity index is 1.78. The van der Waals surface area contributed by atoms with Crippen LogP contribution in [0.3, 0.4) is 0 Å². The fourth-order valence-corrected chi connectivity index (χ4v) is 2.94. The minimum absolute atomic E-state index is 0.0210. The second kappa shape index (κ2) is 8.79. The van der Waals surface area contributed by atoms with Crippen molar-refractivity contribution >= 4 is 11.6 Å². The minimum atomic E-state index is -0.425. The highest BCUT2D eigenvalue weighted by Crippen LogP contribution is 2.13. The summed E-state index contributed by atoms with van der Waals surface area (Å²) in [5, 5.41) is 2.66. The lowest BCUT2D eigenvalue weighted by Crippen LogP contribution is -2.37. The van der Waals surface area contributed by atoms with Gasteiger partial charge < -0.3 is 19.4 Å². The van der Waals surface area contributed by atoms with E-state index < -0.39 is 5.82 Å². The van der Waals surface area contributed by atoms with Crippen molar-refractivity contribution in [3.8, 4) is 5.75 Å². The van der Waals surface area contributed by atoms with Crippen LogP contribution in [0.4, 0.5) is 10.1 Å². The van der Waals surface area contributed by atoms with Gasteiger partial charge in [0.1, 0.15) is 12.4 Å². The number of nitrogens with zero attached hydrogens (tertiary/aromatic N) is 2. The van der Waals surface area contributed by atoms with Crippen LogP contribution in [0.1, 0.15) is 5.69 Å². The van der Waals surface area contributed by atoms with Crippen molar-refractivity contribution in [2.75, 3.05) is 38.7 Å². The number of benzene rings is 1. The second-order valence-electron chi connectivity index (χ2n) is 6.27. The maximum atomic E-state index is 13.3. The zero-order chi connectivity index (χ0) is 19.2. The molecule has 144 valence electrons. The van der Waals surface area contributed by atoms with Crippen molar-refractivity contribution in [3.63, 3.8) is 0 Å². The summed E-state index contributed by atoms with van der Waals surface area (Å²) in [7, 11) is 1.41. The van der Waals surface area contributed by atoms with Gasteiger partial charge in [-0.2, -0.15) is 0 Å². The molecule has 0 spiro atoms. The summed E-state index contributed by atoms with van der Waals surface area (Å²) in [6.07, 6.45) is 1.53. The van der Waals surface area contributed by atoms with E-state index in [4.69, 9.17) is 9.47 Å². The molecule has 1 fully saturated rings. The predicted octanol–water partition coefficient (Wildman–Crippen LogP) is 1.47. The van der Waals surface area contributed by atoms with Gasteiger partial charge in [0.2, 0.25) is 11.3 Å². The topological polar surface area (TPSA) is 72.8 Å². The first-order chi connectivity index (χ1) is 13.0. The van der Waals surface area contributed by atoms with Gasteiger partial charge in [-0.3, -0.25) is 14.5 Å². The first-order valence-electron chi connectivity index (χ1n) is 8.68. The summed E-state index contributed by atoms with van der Waals surface area (Å²) in [5.74, 6) is -0.584. The third kappa shape index (κ3) is 5.15. The molecule has 0 bridgehead atoms. The molecule has 1 aliphatic rings. The molecule has 3 rings (SSSR count). The Morgan fingerprint density at radius 2 is 2.07 bits per heavy atom. The molecule has 1 aromatic carbocycles. The molecule has 0 aliphatic carbocycles. The van der Waals surface area contributed by atoms with Gasteiger partial charge in [0.25, 0.3) is 0 Å². The molecule has 2 heterocycles. The van der Waals surface area contributed by atoms with Crippen molar-refractivity contribution in [2.24, 2.45) is 0 Å². The smallest absolute Gasteiger partial charge is 0.244 e. The van der Waals surface area contributed by atoms with Gasteiger partial charge in [0.15, 0.2) is 5.75 Å². The van der Waals surface area contributed by atoms with E-state index in [1.165, 1.54) is 37.6 Å². The molecule has 0 atom stereocenters. The van der Waals surface area contributed by atoms with E-state index in [1.807, 2.05) is 0 Å². The van der Waals surface area contributed by atoms with Crippen LogP contribution in [0.5, 0.6) is 5.75 Å². The van der Waals surface area contributed by atoms with Gasteiger partial charge in [-0.1, -0.05) is 6.07 Å². The summed E-state index contributed by atoms with van der Waals surface area (Å²) >= 11 is 0. The highest BCUT2D eigenvalue weighted by Gasteiger charge is 2.16. The first kappa shape index (κ1) is 19.1. The van der Waals surface area contributed by atoms with Crippen molar-refractivity contribution < 1.29 is 18.7 Å². The Kier molecular flexibility index (Phi) is 6.20. The van der Waals surface area contributed by atoms with Gasteiger partial charge in [-0.05, 0) is 18.2 Å². The van der Waals surface area contributed by atoms with Crippen molar-refractivity contribution in [1.82, 2.24) is 9.47 Å². The number of ether oxygens (including phenoxy) is 2. The number of hydrogen-bond donors (Lipinski definition) is 1. The zero-order valence-corrected chi connectivity index (χ0v) is 15.1. The molecule has 1 aliphatic heterocycles. The summed E-state index contributed by atoms with van der Waals surface area (Å²) in [6.45, 7) is 3.30. The summed E-state index contributed by atoms with van der Waals surface area (Å²) in [4.78, 5) is 26.7. The fraction of sp³-hybridized carbons (Fsp3) is 0.368. The highest BCUT2D eigenvalue weighted by molar-refractivity contribution is 5.90. The third-order valence-corrected chi connectivity index (χ3v) is 4.31. The Morgan fingerprint density at radius 3 is 2.78 bits per heavy atom. The third-order valence-electron chi connectivity index (χ3n) is 4.31. The predicted molar refractivity (Wildman–Crippen MR) is 98.4 cm³/mol.